The number of fused-ring (bicyclic) bond motifs is 1. The van der Waals surface area contributed by atoms with Crippen LogP contribution in [0, 0.1) is 0 Å². The maximum atomic E-state index is 13.0. The molecule has 0 saturated carbocycles. The van der Waals surface area contributed by atoms with E-state index in [9.17, 15) is 14.7 Å². The van der Waals surface area contributed by atoms with Crippen molar-refractivity contribution in [1.29, 1.82) is 0 Å². The largest absolute Gasteiger partial charge is 0.481 e. The van der Waals surface area contributed by atoms with Gasteiger partial charge in [-0.1, -0.05) is 41.9 Å². The highest BCUT2D eigenvalue weighted by atomic mass is 35.5. The Labute approximate surface area is 159 Å². The van der Waals surface area contributed by atoms with Crippen LogP contribution < -0.4 is 0 Å². The Balaban J connectivity index is 1.76. The zero-order valence-electron chi connectivity index (χ0n) is 14.0. The molecule has 6 heteroatoms. The van der Waals surface area contributed by atoms with Crippen LogP contribution in [0.5, 0.6) is 0 Å². The van der Waals surface area contributed by atoms with Crippen LogP contribution in [-0.2, 0) is 11.2 Å². The maximum absolute atomic E-state index is 13.0. The molecule has 0 spiro atoms. The van der Waals surface area contributed by atoms with Gasteiger partial charge >= 0.3 is 5.97 Å². The SMILES string of the molecule is O=C(O)Cc1c(C(=O)c2ccc(-c3ccco3)cc2)[nH]c2cc(Cl)ccc12. The molecule has 27 heavy (non-hydrogen) atoms. The fourth-order valence-corrected chi connectivity index (χ4v) is 3.30. The summed E-state index contributed by atoms with van der Waals surface area (Å²) in [5.74, 6) is -0.571. The van der Waals surface area contributed by atoms with Crippen molar-refractivity contribution in [1.82, 2.24) is 4.98 Å². The predicted octanol–water partition coefficient (Wildman–Crippen LogP) is 4.94. The Morgan fingerprint density at radius 2 is 1.85 bits per heavy atom. The van der Waals surface area contributed by atoms with Crippen molar-refractivity contribution in [3.63, 3.8) is 0 Å². The quantitative estimate of drug-likeness (QED) is 0.481. The Morgan fingerprint density at radius 1 is 1.07 bits per heavy atom. The number of furan rings is 1. The van der Waals surface area contributed by atoms with Crippen molar-refractivity contribution in [2.24, 2.45) is 0 Å². The first kappa shape index (κ1) is 17.1. The number of rotatable bonds is 5. The van der Waals surface area contributed by atoms with Crippen LogP contribution in [0.25, 0.3) is 22.2 Å². The van der Waals surface area contributed by atoms with Gasteiger partial charge in [0.25, 0.3) is 0 Å². The molecule has 0 atom stereocenters. The second kappa shape index (κ2) is 6.78. The molecule has 0 aliphatic rings. The number of aromatic amines is 1. The lowest BCUT2D eigenvalue weighted by molar-refractivity contribution is -0.136. The van der Waals surface area contributed by atoms with Gasteiger partial charge in [0.15, 0.2) is 0 Å². The van der Waals surface area contributed by atoms with Crippen molar-refractivity contribution < 1.29 is 19.1 Å². The molecule has 5 nitrogen and oxygen atoms in total. The van der Waals surface area contributed by atoms with Crippen molar-refractivity contribution in [2.45, 2.75) is 6.42 Å². The highest BCUT2D eigenvalue weighted by Gasteiger charge is 2.21. The number of hydrogen-bond donors (Lipinski definition) is 2. The zero-order valence-corrected chi connectivity index (χ0v) is 14.8. The molecule has 4 rings (SSSR count). The summed E-state index contributed by atoms with van der Waals surface area (Å²) in [5, 5.41) is 10.4. The summed E-state index contributed by atoms with van der Waals surface area (Å²) in [7, 11) is 0. The Morgan fingerprint density at radius 3 is 2.52 bits per heavy atom. The van der Waals surface area contributed by atoms with Crippen molar-refractivity contribution >= 4 is 34.3 Å². The number of ketones is 1. The topological polar surface area (TPSA) is 83.3 Å². The van der Waals surface area contributed by atoms with Crippen molar-refractivity contribution in [3.05, 3.63) is 82.7 Å². The average Bonchev–Trinajstić information content (AvgIpc) is 3.29. The minimum atomic E-state index is -1.01. The summed E-state index contributed by atoms with van der Waals surface area (Å²) in [4.78, 5) is 27.4. The van der Waals surface area contributed by atoms with E-state index in [1.807, 2.05) is 6.07 Å². The van der Waals surface area contributed by atoms with Crippen LogP contribution >= 0.6 is 11.6 Å². The van der Waals surface area contributed by atoms with Crippen molar-refractivity contribution in [2.75, 3.05) is 0 Å². The molecule has 2 heterocycles. The van der Waals surface area contributed by atoms with Gasteiger partial charge in [-0.3, -0.25) is 9.59 Å². The minimum absolute atomic E-state index is 0.257. The van der Waals surface area contributed by atoms with Gasteiger partial charge in [0.1, 0.15) is 5.76 Å². The Hall–Kier alpha value is -3.31. The molecule has 2 aromatic heterocycles. The fraction of sp³-hybridized carbons (Fsp3) is 0.0476. The summed E-state index contributed by atoms with van der Waals surface area (Å²) in [6.07, 6.45) is 1.33. The molecule has 0 aliphatic heterocycles. The number of halogens is 1. The molecular formula is C21H14ClNO4. The van der Waals surface area contributed by atoms with Gasteiger partial charge in [0, 0.05) is 32.6 Å². The first-order valence-electron chi connectivity index (χ1n) is 8.23. The first-order valence-corrected chi connectivity index (χ1v) is 8.61. The molecule has 0 amide bonds. The van der Waals surface area contributed by atoms with Crippen molar-refractivity contribution in [3.8, 4) is 11.3 Å². The summed E-state index contributed by atoms with van der Waals surface area (Å²) in [6, 6.07) is 15.7. The lowest BCUT2D eigenvalue weighted by atomic mass is 10.00. The number of carboxylic acid groups (broad SMARTS) is 1. The normalized spacial score (nSPS) is 11.0. The molecule has 0 aliphatic carbocycles. The van der Waals surface area contributed by atoms with Gasteiger partial charge in [0.2, 0.25) is 5.78 Å². The summed E-state index contributed by atoms with van der Waals surface area (Å²) in [6.45, 7) is 0. The number of aliphatic carboxylic acids is 1. The van der Waals surface area contributed by atoms with E-state index in [0.717, 1.165) is 5.56 Å². The number of benzene rings is 2. The fourth-order valence-electron chi connectivity index (χ4n) is 3.13. The minimum Gasteiger partial charge on any atom is -0.481 e. The molecule has 0 bridgehead atoms. The van der Waals surface area contributed by atoms with Gasteiger partial charge in [-0.05, 0) is 24.3 Å². The molecule has 0 fully saturated rings. The number of hydrogen-bond acceptors (Lipinski definition) is 3. The Kier molecular flexibility index (Phi) is 4.30. The number of nitrogens with one attached hydrogen (secondary N) is 1. The van der Waals surface area contributed by atoms with Gasteiger partial charge in [-0.25, -0.2) is 0 Å². The molecule has 4 aromatic rings. The highest BCUT2D eigenvalue weighted by Crippen LogP contribution is 2.28. The van der Waals surface area contributed by atoms with Crippen LogP contribution in [0.4, 0.5) is 0 Å². The lowest BCUT2D eigenvalue weighted by Gasteiger charge is -2.04. The molecule has 134 valence electrons. The number of H-pyrrole nitrogens is 1. The Bertz CT molecular complexity index is 1140. The van der Waals surface area contributed by atoms with Gasteiger partial charge < -0.3 is 14.5 Å². The van der Waals surface area contributed by atoms with Crippen LogP contribution in [0.1, 0.15) is 21.6 Å². The van der Waals surface area contributed by atoms with Gasteiger partial charge in [0.05, 0.1) is 18.4 Å². The van der Waals surface area contributed by atoms with E-state index in [0.29, 0.717) is 32.8 Å². The van der Waals surface area contributed by atoms with Crippen LogP contribution in [0.15, 0.2) is 65.3 Å². The van der Waals surface area contributed by atoms with E-state index in [1.54, 1.807) is 54.8 Å². The van der Waals surface area contributed by atoms with Gasteiger partial charge in [-0.2, -0.15) is 0 Å². The smallest absolute Gasteiger partial charge is 0.307 e. The van der Waals surface area contributed by atoms with E-state index in [-0.39, 0.29) is 17.9 Å². The molecule has 0 radical (unpaired) electrons. The first-order chi connectivity index (χ1) is 13.0. The van der Waals surface area contributed by atoms with Crippen LogP contribution in [-0.4, -0.2) is 21.8 Å². The third kappa shape index (κ3) is 3.25. The second-order valence-electron chi connectivity index (χ2n) is 6.12. The zero-order chi connectivity index (χ0) is 19.0. The monoisotopic (exact) mass is 379 g/mol. The number of aromatic nitrogens is 1. The molecular weight excluding hydrogens is 366 g/mol. The van der Waals surface area contributed by atoms with E-state index < -0.39 is 5.97 Å². The molecule has 2 aromatic carbocycles. The third-order valence-electron chi connectivity index (χ3n) is 4.38. The lowest BCUT2D eigenvalue weighted by Crippen LogP contribution is -2.08. The van der Waals surface area contributed by atoms with E-state index in [2.05, 4.69) is 4.98 Å². The molecule has 2 N–H and O–H groups in total. The summed E-state index contributed by atoms with van der Waals surface area (Å²) >= 11 is 6.02. The number of carbonyl (C=O) groups is 2. The molecule has 0 unspecified atom stereocenters. The van der Waals surface area contributed by atoms with Crippen LogP contribution in [0.2, 0.25) is 5.02 Å². The highest BCUT2D eigenvalue weighted by molar-refractivity contribution is 6.31. The maximum Gasteiger partial charge on any atom is 0.307 e. The second-order valence-corrected chi connectivity index (χ2v) is 6.56. The number of carboxylic acids is 1. The van der Waals surface area contributed by atoms with E-state index >= 15 is 0 Å². The third-order valence-corrected chi connectivity index (χ3v) is 4.61. The van der Waals surface area contributed by atoms with Gasteiger partial charge in [-0.15, -0.1) is 0 Å². The number of carbonyl (C=O) groups excluding carboxylic acids is 1. The predicted molar refractivity (Wildman–Crippen MR) is 102 cm³/mol. The standard InChI is InChI=1S/C21H14ClNO4/c22-14-7-8-15-16(11-19(24)25)20(23-17(15)10-14)21(26)13-5-3-12(4-6-13)18-2-1-9-27-18/h1-10,23H,11H2,(H,24,25). The average molecular weight is 380 g/mol. The molecule has 0 saturated heterocycles. The summed E-state index contributed by atoms with van der Waals surface area (Å²) in [5.41, 5.74) is 2.66. The summed E-state index contributed by atoms with van der Waals surface area (Å²) < 4.78 is 5.35. The van der Waals surface area contributed by atoms with E-state index in [4.69, 9.17) is 16.0 Å². The van der Waals surface area contributed by atoms with E-state index in [1.165, 1.54) is 0 Å². The van der Waals surface area contributed by atoms with Crippen LogP contribution in [0.3, 0.4) is 0 Å².